The van der Waals surface area contributed by atoms with Crippen LogP contribution in [0.25, 0.3) is 0 Å². The van der Waals surface area contributed by atoms with Gasteiger partial charge in [0.05, 0.1) is 5.92 Å². The van der Waals surface area contributed by atoms with Gasteiger partial charge in [0.1, 0.15) is 5.75 Å². The monoisotopic (exact) mass is 351 g/mol. The maximum absolute atomic E-state index is 12.4. The Kier molecular flexibility index (Phi) is 6.97. The van der Waals surface area contributed by atoms with Gasteiger partial charge in [0.15, 0.2) is 6.10 Å². The largest absolute Gasteiger partial charge is 0.481 e. The van der Waals surface area contributed by atoms with Crippen LogP contribution in [0.15, 0.2) is 29.2 Å². The zero-order valence-corrected chi connectivity index (χ0v) is 15.0. The minimum atomic E-state index is -0.830. The van der Waals surface area contributed by atoms with Gasteiger partial charge >= 0.3 is 5.97 Å². The van der Waals surface area contributed by atoms with Crippen molar-refractivity contribution >= 4 is 23.6 Å². The van der Waals surface area contributed by atoms with Crippen molar-refractivity contribution in [2.75, 3.05) is 6.26 Å². The molecule has 0 radical (unpaired) electrons. The van der Waals surface area contributed by atoms with E-state index in [2.05, 4.69) is 5.32 Å². The maximum atomic E-state index is 12.4. The summed E-state index contributed by atoms with van der Waals surface area (Å²) in [5.74, 6) is -0.971. The van der Waals surface area contributed by atoms with Crippen LogP contribution in [0.3, 0.4) is 0 Å². The van der Waals surface area contributed by atoms with Gasteiger partial charge in [0.2, 0.25) is 0 Å². The standard InChI is InChI=1S/C18H25NO4S/c1-12(23-13-8-10-14(24-2)11-9-13)17(20)19-16-7-5-3-4-6-15(16)18(21)22/h8-12,15-16H,3-7H2,1-2H3,(H,19,20)(H,21,22)/t12?,15-,16+/m1/s1. The molecular weight excluding hydrogens is 326 g/mol. The molecule has 3 atom stereocenters. The number of aliphatic carboxylic acids is 1. The molecule has 1 unspecified atom stereocenters. The third-order valence-electron chi connectivity index (χ3n) is 4.40. The Morgan fingerprint density at radius 3 is 2.50 bits per heavy atom. The van der Waals surface area contributed by atoms with E-state index in [1.807, 2.05) is 30.5 Å². The fraction of sp³-hybridized carbons (Fsp3) is 0.556. The second kappa shape index (κ2) is 8.97. The normalized spacial score (nSPS) is 22.2. The van der Waals surface area contributed by atoms with Crippen LogP contribution < -0.4 is 10.1 Å². The molecule has 132 valence electrons. The summed E-state index contributed by atoms with van der Waals surface area (Å²) < 4.78 is 5.68. The van der Waals surface area contributed by atoms with E-state index in [0.29, 0.717) is 18.6 Å². The predicted molar refractivity (Wildman–Crippen MR) is 94.5 cm³/mol. The molecule has 0 spiro atoms. The van der Waals surface area contributed by atoms with E-state index in [-0.39, 0.29) is 11.9 Å². The van der Waals surface area contributed by atoms with Crippen LogP contribution in [0.1, 0.15) is 39.0 Å². The second-order valence-electron chi connectivity index (χ2n) is 6.13. The molecule has 1 amide bonds. The second-order valence-corrected chi connectivity index (χ2v) is 7.01. The van der Waals surface area contributed by atoms with E-state index < -0.39 is 18.0 Å². The van der Waals surface area contributed by atoms with Crippen LogP contribution in [0.2, 0.25) is 0 Å². The van der Waals surface area contributed by atoms with Crippen molar-refractivity contribution in [3.63, 3.8) is 0 Å². The Balaban J connectivity index is 1.94. The Morgan fingerprint density at radius 2 is 1.88 bits per heavy atom. The Morgan fingerprint density at radius 1 is 1.21 bits per heavy atom. The van der Waals surface area contributed by atoms with Gasteiger partial charge in [0.25, 0.3) is 5.91 Å². The highest BCUT2D eigenvalue weighted by Crippen LogP contribution is 2.24. The van der Waals surface area contributed by atoms with Crippen LogP contribution in [0, 0.1) is 5.92 Å². The summed E-state index contributed by atoms with van der Waals surface area (Å²) in [4.78, 5) is 24.9. The molecule has 0 aliphatic heterocycles. The molecule has 1 aromatic carbocycles. The zero-order valence-electron chi connectivity index (χ0n) is 14.2. The Hall–Kier alpha value is -1.69. The van der Waals surface area contributed by atoms with E-state index >= 15 is 0 Å². The van der Waals surface area contributed by atoms with Crippen molar-refractivity contribution in [3.8, 4) is 5.75 Å². The molecule has 0 saturated heterocycles. The fourth-order valence-electron chi connectivity index (χ4n) is 2.99. The highest BCUT2D eigenvalue weighted by molar-refractivity contribution is 7.98. The molecule has 0 bridgehead atoms. The van der Waals surface area contributed by atoms with Crippen molar-refractivity contribution in [2.24, 2.45) is 5.92 Å². The summed E-state index contributed by atoms with van der Waals surface area (Å²) in [6, 6.07) is 7.23. The number of amides is 1. The lowest BCUT2D eigenvalue weighted by atomic mass is 9.94. The first-order valence-electron chi connectivity index (χ1n) is 8.35. The van der Waals surface area contributed by atoms with E-state index in [1.165, 1.54) is 0 Å². The van der Waals surface area contributed by atoms with Gasteiger partial charge < -0.3 is 15.2 Å². The van der Waals surface area contributed by atoms with Crippen molar-refractivity contribution in [2.45, 2.75) is 56.1 Å². The first kappa shape index (κ1) is 18.6. The molecular formula is C18H25NO4S. The number of benzene rings is 1. The lowest BCUT2D eigenvalue weighted by Crippen LogP contribution is -2.47. The third-order valence-corrected chi connectivity index (χ3v) is 5.15. The maximum Gasteiger partial charge on any atom is 0.308 e. The molecule has 1 aliphatic rings. The molecule has 1 saturated carbocycles. The van der Waals surface area contributed by atoms with Gasteiger partial charge in [-0.1, -0.05) is 19.3 Å². The van der Waals surface area contributed by atoms with Crippen molar-refractivity contribution < 1.29 is 19.4 Å². The summed E-state index contributed by atoms with van der Waals surface area (Å²) in [5.41, 5.74) is 0. The van der Waals surface area contributed by atoms with Crippen LogP contribution in [-0.4, -0.2) is 35.4 Å². The van der Waals surface area contributed by atoms with Gasteiger partial charge in [-0.25, -0.2) is 0 Å². The minimum Gasteiger partial charge on any atom is -0.481 e. The van der Waals surface area contributed by atoms with Gasteiger partial charge in [-0.15, -0.1) is 11.8 Å². The first-order valence-corrected chi connectivity index (χ1v) is 9.57. The average Bonchev–Trinajstić information content (AvgIpc) is 2.81. The number of hydrogen-bond donors (Lipinski definition) is 2. The zero-order chi connectivity index (χ0) is 17.5. The third kappa shape index (κ3) is 5.16. The molecule has 2 rings (SSSR count). The summed E-state index contributed by atoms with van der Waals surface area (Å²) in [7, 11) is 0. The van der Waals surface area contributed by atoms with E-state index in [4.69, 9.17) is 4.74 Å². The van der Waals surface area contributed by atoms with Crippen LogP contribution in [0.5, 0.6) is 5.75 Å². The number of carbonyl (C=O) groups is 2. The van der Waals surface area contributed by atoms with E-state index in [9.17, 15) is 14.7 Å². The summed E-state index contributed by atoms with van der Waals surface area (Å²) in [6.45, 7) is 1.68. The highest BCUT2D eigenvalue weighted by atomic mass is 32.2. The summed E-state index contributed by atoms with van der Waals surface area (Å²) in [6.07, 6.45) is 5.52. The van der Waals surface area contributed by atoms with Gasteiger partial charge in [0, 0.05) is 10.9 Å². The summed E-state index contributed by atoms with van der Waals surface area (Å²) >= 11 is 1.64. The number of ether oxygens (including phenoxy) is 1. The molecule has 24 heavy (non-hydrogen) atoms. The fourth-order valence-corrected chi connectivity index (χ4v) is 3.40. The minimum absolute atomic E-state index is 0.262. The van der Waals surface area contributed by atoms with Crippen LogP contribution in [-0.2, 0) is 9.59 Å². The number of hydrogen-bond acceptors (Lipinski definition) is 4. The Bertz CT molecular complexity index is 561. The number of carbonyl (C=O) groups excluding carboxylic acids is 1. The molecule has 0 aromatic heterocycles. The highest BCUT2D eigenvalue weighted by Gasteiger charge is 2.31. The SMILES string of the molecule is CSc1ccc(OC(C)C(=O)N[C@H]2CCCCC[C@H]2C(=O)O)cc1. The van der Waals surface area contributed by atoms with E-state index in [1.54, 1.807) is 18.7 Å². The number of thioether (sulfide) groups is 1. The molecule has 6 heteroatoms. The van der Waals surface area contributed by atoms with Crippen LogP contribution in [0.4, 0.5) is 0 Å². The van der Waals surface area contributed by atoms with Crippen molar-refractivity contribution in [1.29, 1.82) is 0 Å². The first-order chi connectivity index (χ1) is 11.5. The topological polar surface area (TPSA) is 75.6 Å². The van der Waals surface area contributed by atoms with Gasteiger partial charge in [-0.3, -0.25) is 9.59 Å². The lowest BCUT2D eigenvalue weighted by Gasteiger charge is -2.24. The molecule has 1 fully saturated rings. The lowest BCUT2D eigenvalue weighted by molar-refractivity contribution is -0.143. The number of carboxylic acids is 1. The smallest absolute Gasteiger partial charge is 0.308 e. The molecule has 0 heterocycles. The van der Waals surface area contributed by atoms with Gasteiger partial charge in [-0.05, 0) is 50.3 Å². The number of carboxylic acid groups (broad SMARTS) is 1. The predicted octanol–water partition coefficient (Wildman–Crippen LogP) is 3.33. The number of rotatable bonds is 6. The number of nitrogens with one attached hydrogen (secondary N) is 1. The van der Waals surface area contributed by atoms with Crippen molar-refractivity contribution in [1.82, 2.24) is 5.32 Å². The molecule has 1 aliphatic carbocycles. The van der Waals surface area contributed by atoms with E-state index in [0.717, 1.165) is 24.2 Å². The van der Waals surface area contributed by atoms with Gasteiger partial charge in [-0.2, -0.15) is 0 Å². The summed E-state index contributed by atoms with van der Waals surface area (Å²) in [5, 5.41) is 12.3. The average molecular weight is 351 g/mol. The van der Waals surface area contributed by atoms with Crippen molar-refractivity contribution in [3.05, 3.63) is 24.3 Å². The molecule has 2 N–H and O–H groups in total. The van der Waals surface area contributed by atoms with Crippen LogP contribution >= 0.6 is 11.8 Å². The quantitative estimate of drug-likeness (QED) is 0.607. The Labute approximate surface area is 147 Å². The molecule has 5 nitrogen and oxygen atoms in total. The molecule has 1 aromatic rings.